The van der Waals surface area contributed by atoms with Crippen LogP contribution in [0.15, 0.2) is 66.9 Å². The Bertz CT molecular complexity index is 974. The molecule has 2 heterocycles. The van der Waals surface area contributed by atoms with Gasteiger partial charge in [0.2, 0.25) is 0 Å². The number of aryl methyl sites for hydroxylation is 2. The number of hydrogen-bond donors (Lipinski definition) is 0. The zero-order valence-corrected chi connectivity index (χ0v) is 16.5. The van der Waals surface area contributed by atoms with E-state index in [1.807, 2.05) is 30.5 Å². The molecule has 0 N–H and O–H groups in total. The zero-order chi connectivity index (χ0) is 20.4. The molecule has 1 unspecified atom stereocenters. The number of rotatable bonds is 4. The van der Waals surface area contributed by atoms with Crippen molar-refractivity contribution in [2.75, 3.05) is 6.54 Å². The second kappa shape index (κ2) is 8.07. The molecule has 2 nitrogen and oxygen atoms in total. The molecular formula is C24H25F3N2. The fourth-order valence-electron chi connectivity index (χ4n) is 4.43. The maximum Gasteiger partial charge on any atom is 0.416 e. The number of benzene rings is 2. The van der Waals surface area contributed by atoms with Gasteiger partial charge in [-0.3, -0.25) is 4.90 Å². The average Bonchev–Trinajstić information content (AvgIpc) is 3.09. The lowest BCUT2D eigenvalue weighted by Gasteiger charge is -2.32. The van der Waals surface area contributed by atoms with Crippen molar-refractivity contribution in [3.8, 4) is 0 Å². The van der Waals surface area contributed by atoms with Crippen molar-refractivity contribution >= 4 is 0 Å². The van der Waals surface area contributed by atoms with Crippen LogP contribution in [-0.4, -0.2) is 16.0 Å². The summed E-state index contributed by atoms with van der Waals surface area (Å²) in [4.78, 5) is 2.21. The summed E-state index contributed by atoms with van der Waals surface area (Å²) < 4.78 is 43.7. The monoisotopic (exact) mass is 398 g/mol. The van der Waals surface area contributed by atoms with Crippen molar-refractivity contribution < 1.29 is 13.2 Å². The first-order valence-electron chi connectivity index (χ1n) is 10.1. The molecule has 2 aromatic carbocycles. The van der Waals surface area contributed by atoms with E-state index in [0.717, 1.165) is 31.6 Å². The molecule has 1 aromatic heterocycles. The van der Waals surface area contributed by atoms with Gasteiger partial charge < -0.3 is 4.57 Å². The van der Waals surface area contributed by atoms with Crippen molar-refractivity contribution in [3.63, 3.8) is 0 Å². The van der Waals surface area contributed by atoms with Crippen LogP contribution in [0.4, 0.5) is 13.2 Å². The molecule has 0 saturated carbocycles. The van der Waals surface area contributed by atoms with Gasteiger partial charge in [-0.25, -0.2) is 0 Å². The molecule has 0 radical (unpaired) electrons. The molecule has 1 atom stereocenters. The SMILES string of the molecule is CCc1ccccc1CN1CCCn2cccc2C1c1ccccc1C(F)(F)F. The third-order valence-electron chi connectivity index (χ3n) is 5.79. The molecule has 5 heteroatoms. The van der Waals surface area contributed by atoms with E-state index >= 15 is 0 Å². The molecule has 3 aromatic rings. The highest BCUT2D eigenvalue weighted by molar-refractivity contribution is 5.38. The minimum absolute atomic E-state index is 0.329. The summed E-state index contributed by atoms with van der Waals surface area (Å²) >= 11 is 0. The minimum Gasteiger partial charge on any atom is -0.350 e. The molecule has 29 heavy (non-hydrogen) atoms. The molecular weight excluding hydrogens is 373 g/mol. The standard InChI is InChI=1S/C24H25F3N2/c1-2-18-9-3-4-10-19(18)17-29-16-8-15-28-14-7-13-22(28)23(29)20-11-5-6-12-21(20)24(25,26)27/h3-7,9-14,23H,2,8,15-17H2,1H3. The van der Waals surface area contributed by atoms with Crippen LogP contribution in [0.25, 0.3) is 0 Å². The van der Waals surface area contributed by atoms with Gasteiger partial charge in [-0.1, -0.05) is 49.4 Å². The first-order valence-corrected chi connectivity index (χ1v) is 10.1. The smallest absolute Gasteiger partial charge is 0.350 e. The number of halogens is 3. The normalized spacial score (nSPS) is 17.7. The van der Waals surface area contributed by atoms with E-state index < -0.39 is 17.8 Å². The molecule has 1 aliphatic rings. The summed E-state index contributed by atoms with van der Waals surface area (Å²) in [5.74, 6) is 0. The van der Waals surface area contributed by atoms with Gasteiger partial charge in [-0.2, -0.15) is 13.2 Å². The predicted molar refractivity (Wildman–Crippen MR) is 109 cm³/mol. The highest BCUT2D eigenvalue weighted by Crippen LogP contribution is 2.40. The van der Waals surface area contributed by atoms with Crippen LogP contribution < -0.4 is 0 Å². The van der Waals surface area contributed by atoms with Crippen molar-refractivity contribution in [2.45, 2.75) is 45.1 Å². The second-order valence-electron chi connectivity index (χ2n) is 7.56. The summed E-state index contributed by atoms with van der Waals surface area (Å²) in [5.41, 5.74) is 3.14. The second-order valence-corrected chi connectivity index (χ2v) is 7.56. The maximum atomic E-state index is 13.9. The van der Waals surface area contributed by atoms with Gasteiger partial charge in [0.25, 0.3) is 0 Å². The van der Waals surface area contributed by atoms with E-state index in [-0.39, 0.29) is 0 Å². The topological polar surface area (TPSA) is 8.17 Å². The van der Waals surface area contributed by atoms with Gasteiger partial charge in [0.15, 0.2) is 0 Å². The Labute approximate surface area is 169 Å². The van der Waals surface area contributed by atoms with Gasteiger partial charge in [0.1, 0.15) is 0 Å². The first kappa shape index (κ1) is 19.8. The van der Waals surface area contributed by atoms with Crippen LogP contribution in [0.1, 0.15) is 47.3 Å². The summed E-state index contributed by atoms with van der Waals surface area (Å²) in [5, 5.41) is 0. The van der Waals surface area contributed by atoms with Crippen LogP contribution in [-0.2, 0) is 25.7 Å². The van der Waals surface area contributed by atoms with Crippen molar-refractivity contribution in [2.24, 2.45) is 0 Å². The summed E-state index contributed by atoms with van der Waals surface area (Å²) in [6.07, 6.45) is -0.597. The van der Waals surface area contributed by atoms with Gasteiger partial charge in [0, 0.05) is 31.5 Å². The lowest BCUT2D eigenvalue weighted by molar-refractivity contribution is -0.138. The maximum absolute atomic E-state index is 13.9. The lowest BCUT2D eigenvalue weighted by atomic mass is 9.95. The average molecular weight is 398 g/mol. The van der Waals surface area contributed by atoms with E-state index in [1.165, 1.54) is 23.3 Å². The van der Waals surface area contributed by atoms with Crippen LogP contribution in [0.2, 0.25) is 0 Å². The minimum atomic E-state index is -4.38. The Morgan fingerprint density at radius 1 is 0.897 bits per heavy atom. The quantitative estimate of drug-likeness (QED) is 0.518. The van der Waals surface area contributed by atoms with Crippen LogP contribution in [0, 0.1) is 0 Å². The van der Waals surface area contributed by atoms with Gasteiger partial charge in [0.05, 0.1) is 11.6 Å². The van der Waals surface area contributed by atoms with Gasteiger partial charge in [-0.15, -0.1) is 0 Å². The predicted octanol–water partition coefficient (Wildman–Crippen LogP) is 6.06. The molecule has 152 valence electrons. The van der Waals surface area contributed by atoms with Gasteiger partial charge >= 0.3 is 6.18 Å². The number of alkyl halides is 3. The third kappa shape index (κ3) is 3.97. The number of aromatic nitrogens is 1. The Balaban J connectivity index is 1.83. The van der Waals surface area contributed by atoms with Crippen molar-refractivity contribution in [1.29, 1.82) is 0 Å². The van der Waals surface area contributed by atoms with Gasteiger partial charge in [-0.05, 0) is 47.7 Å². The van der Waals surface area contributed by atoms with E-state index in [4.69, 9.17) is 0 Å². The zero-order valence-electron chi connectivity index (χ0n) is 16.5. The largest absolute Gasteiger partial charge is 0.416 e. The molecule has 4 rings (SSSR count). The Kier molecular flexibility index (Phi) is 5.50. The van der Waals surface area contributed by atoms with E-state index in [0.29, 0.717) is 12.1 Å². The third-order valence-corrected chi connectivity index (χ3v) is 5.79. The fourth-order valence-corrected chi connectivity index (χ4v) is 4.43. The fraction of sp³-hybridized carbons (Fsp3) is 0.333. The molecule has 0 aliphatic carbocycles. The number of hydrogen-bond acceptors (Lipinski definition) is 1. The molecule has 0 bridgehead atoms. The molecule has 0 amide bonds. The Morgan fingerprint density at radius 2 is 1.62 bits per heavy atom. The number of nitrogens with zero attached hydrogens (tertiary/aromatic N) is 2. The summed E-state index contributed by atoms with van der Waals surface area (Å²) in [6.45, 7) is 4.31. The van der Waals surface area contributed by atoms with E-state index in [1.54, 1.807) is 12.1 Å². The molecule has 0 spiro atoms. The molecule has 0 saturated heterocycles. The van der Waals surface area contributed by atoms with Crippen LogP contribution in [0.5, 0.6) is 0 Å². The summed E-state index contributed by atoms with van der Waals surface area (Å²) in [6, 6.07) is 17.7. The van der Waals surface area contributed by atoms with Crippen molar-refractivity contribution in [3.05, 3.63) is 94.8 Å². The Morgan fingerprint density at radius 3 is 2.38 bits per heavy atom. The molecule has 1 aliphatic heterocycles. The Hall–Kier alpha value is -2.53. The number of fused-ring (bicyclic) bond motifs is 1. The summed E-state index contributed by atoms with van der Waals surface area (Å²) in [7, 11) is 0. The highest BCUT2D eigenvalue weighted by Gasteiger charge is 2.38. The lowest BCUT2D eigenvalue weighted by Crippen LogP contribution is -2.31. The van der Waals surface area contributed by atoms with Crippen molar-refractivity contribution in [1.82, 2.24) is 9.47 Å². The molecule has 0 fully saturated rings. The van der Waals surface area contributed by atoms with E-state index in [2.05, 4.69) is 28.5 Å². The van der Waals surface area contributed by atoms with Crippen LogP contribution in [0.3, 0.4) is 0 Å². The first-order chi connectivity index (χ1) is 14.0. The van der Waals surface area contributed by atoms with E-state index in [9.17, 15) is 13.2 Å². The highest BCUT2D eigenvalue weighted by atomic mass is 19.4. The van der Waals surface area contributed by atoms with Crippen LogP contribution >= 0.6 is 0 Å².